The molecule has 0 radical (unpaired) electrons. The largest absolute Gasteiger partial charge is 0.365 e. The summed E-state index contributed by atoms with van der Waals surface area (Å²) < 4.78 is 11.5. The fourth-order valence-electron chi connectivity index (χ4n) is 5.16. The Kier molecular flexibility index (Phi) is 5.17. The van der Waals surface area contributed by atoms with Crippen molar-refractivity contribution in [3.05, 3.63) is 91.8 Å². The Morgan fingerprint density at radius 2 is 1.62 bits per heavy atom. The van der Waals surface area contributed by atoms with Crippen molar-refractivity contribution in [3.8, 4) is 11.3 Å². The molecule has 0 bridgehead atoms. The van der Waals surface area contributed by atoms with Crippen LogP contribution in [0.15, 0.2) is 58.1 Å². The molecular formula is C28H31N3O3. The molecule has 0 saturated heterocycles. The van der Waals surface area contributed by atoms with E-state index in [1.54, 1.807) is 18.7 Å². The zero-order valence-corrected chi connectivity index (χ0v) is 20.7. The molecule has 0 N–H and O–H groups in total. The first-order valence-corrected chi connectivity index (χ1v) is 11.8. The molecule has 2 aromatic heterocycles. The monoisotopic (exact) mass is 457 g/mol. The smallest absolute Gasteiger partial charge is 0.331 e. The van der Waals surface area contributed by atoms with Gasteiger partial charge in [-0.2, -0.15) is 0 Å². The van der Waals surface area contributed by atoms with Gasteiger partial charge in [-0.1, -0.05) is 61.0 Å². The molecule has 0 saturated carbocycles. The Morgan fingerprint density at radius 1 is 0.971 bits per heavy atom. The molecule has 5 rings (SSSR count). The summed E-state index contributed by atoms with van der Waals surface area (Å²) in [6.45, 7) is 8.89. The normalized spacial score (nSPS) is 17.2. The van der Waals surface area contributed by atoms with Crippen LogP contribution in [0.25, 0.3) is 22.2 Å². The van der Waals surface area contributed by atoms with Gasteiger partial charge in [0.25, 0.3) is 5.56 Å². The number of hydrogen-bond donors (Lipinski definition) is 0. The molecule has 1 unspecified atom stereocenters. The van der Waals surface area contributed by atoms with Crippen LogP contribution in [0.1, 0.15) is 49.3 Å². The van der Waals surface area contributed by atoms with E-state index in [9.17, 15) is 9.59 Å². The van der Waals surface area contributed by atoms with Crippen molar-refractivity contribution in [2.24, 2.45) is 14.1 Å². The third-order valence-electron chi connectivity index (χ3n) is 7.08. The molecule has 3 heterocycles. The van der Waals surface area contributed by atoms with E-state index in [4.69, 9.17) is 4.74 Å². The van der Waals surface area contributed by atoms with Gasteiger partial charge in [-0.25, -0.2) is 4.79 Å². The second-order valence-corrected chi connectivity index (χ2v) is 9.96. The van der Waals surface area contributed by atoms with Gasteiger partial charge in [-0.05, 0) is 43.9 Å². The highest BCUT2D eigenvalue weighted by molar-refractivity contribution is 5.96. The average molecular weight is 458 g/mol. The topological polar surface area (TPSA) is 58.2 Å². The van der Waals surface area contributed by atoms with E-state index in [-0.39, 0.29) is 11.2 Å². The standard InChI is InChI=1S/C28H31N3O3/c1-7-18-10-14-20(15-11-18)25-24-23-21(26(32)30(6)27(33)29(23)5)22(19-12-8-17(2)9-13-19)31(24)28(3,4)16-34-25/h8-15,25H,7,16H2,1-6H3. The van der Waals surface area contributed by atoms with Gasteiger partial charge in [0.1, 0.15) is 6.10 Å². The van der Waals surface area contributed by atoms with Crippen LogP contribution in [-0.2, 0) is 30.8 Å². The summed E-state index contributed by atoms with van der Waals surface area (Å²) in [7, 11) is 3.28. The Bertz CT molecular complexity index is 1520. The Balaban J connectivity index is 1.96. The highest BCUT2D eigenvalue weighted by Gasteiger charge is 2.40. The zero-order chi connectivity index (χ0) is 24.4. The molecule has 1 atom stereocenters. The first-order valence-electron chi connectivity index (χ1n) is 11.8. The minimum atomic E-state index is -0.421. The van der Waals surface area contributed by atoms with E-state index in [0.29, 0.717) is 17.5 Å². The van der Waals surface area contributed by atoms with Gasteiger partial charge in [-0.3, -0.25) is 13.9 Å². The van der Waals surface area contributed by atoms with Crippen molar-refractivity contribution >= 4 is 10.9 Å². The summed E-state index contributed by atoms with van der Waals surface area (Å²) in [5, 5.41) is 0.553. The second-order valence-electron chi connectivity index (χ2n) is 9.96. The molecule has 4 aromatic rings. The number of fused-ring (bicyclic) bond motifs is 3. The summed E-state index contributed by atoms with van der Waals surface area (Å²) in [6, 6.07) is 16.6. The zero-order valence-electron chi connectivity index (χ0n) is 20.7. The van der Waals surface area contributed by atoms with Gasteiger partial charge in [0, 0.05) is 14.1 Å². The molecule has 6 nitrogen and oxygen atoms in total. The van der Waals surface area contributed by atoms with Crippen molar-refractivity contribution in [1.82, 2.24) is 13.7 Å². The van der Waals surface area contributed by atoms with Gasteiger partial charge in [0.2, 0.25) is 0 Å². The highest BCUT2D eigenvalue weighted by atomic mass is 16.5. The summed E-state index contributed by atoms with van der Waals surface area (Å²) in [5.74, 6) is 0. The van der Waals surface area contributed by atoms with E-state index < -0.39 is 11.6 Å². The van der Waals surface area contributed by atoms with Crippen LogP contribution in [0.2, 0.25) is 0 Å². The third kappa shape index (κ3) is 3.20. The van der Waals surface area contributed by atoms with E-state index >= 15 is 0 Å². The number of rotatable bonds is 3. The maximum atomic E-state index is 13.6. The fourth-order valence-corrected chi connectivity index (χ4v) is 5.16. The second kappa shape index (κ2) is 7.84. The molecule has 0 aliphatic carbocycles. The van der Waals surface area contributed by atoms with Crippen LogP contribution in [0, 0.1) is 6.92 Å². The first kappa shape index (κ1) is 22.4. The van der Waals surface area contributed by atoms with E-state index in [0.717, 1.165) is 34.5 Å². The van der Waals surface area contributed by atoms with E-state index in [1.807, 2.05) is 6.92 Å². The van der Waals surface area contributed by atoms with Crippen LogP contribution < -0.4 is 11.2 Å². The van der Waals surface area contributed by atoms with Crippen LogP contribution in [0.3, 0.4) is 0 Å². The fraction of sp³-hybridized carbons (Fsp3) is 0.357. The SMILES string of the molecule is CCc1ccc(C2OCC(C)(C)n3c(-c4ccc(C)cc4)c4c(=O)n(C)c(=O)n(C)c4c32)cc1. The number of nitrogens with zero attached hydrogens (tertiary/aromatic N) is 3. The number of ether oxygens (including phenoxy) is 1. The van der Waals surface area contributed by atoms with Crippen molar-refractivity contribution in [2.75, 3.05) is 6.61 Å². The minimum Gasteiger partial charge on any atom is -0.365 e. The molecule has 34 heavy (non-hydrogen) atoms. The third-order valence-corrected chi connectivity index (χ3v) is 7.08. The van der Waals surface area contributed by atoms with Gasteiger partial charge < -0.3 is 9.30 Å². The Labute approximate surface area is 199 Å². The summed E-state index contributed by atoms with van der Waals surface area (Å²) in [4.78, 5) is 26.7. The average Bonchev–Trinajstić information content (AvgIpc) is 3.20. The van der Waals surface area contributed by atoms with Gasteiger partial charge in [-0.15, -0.1) is 0 Å². The van der Waals surface area contributed by atoms with Gasteiger partial charge >= 0.3 is 5.69 Å². The minimum absolute atomic E-state index is 0.286. The number of aryl methyl sites for hydroxylation is 3. The number of benzene rings is 2. The predicted octanol–water partition coefficient (Wildman–Crippen LogP) is 4.43. The number of hydrogen-bond acceptors (Lipinski definition) is 3. The molecule has 0 spiro atoms. The van der Waals surface area contributed by atoms with E-state index in [2.05, 4.69) is 73.9 Å². The first-order chi connectivity index (χ1) is 16.2. The van der Waals surface area contributed by atoms with E-state index in [1.165, 1.54) is 10.1 Å². The maximum absolute atomic E-state index is 13.6. The Morgan fingerprint density at radius 3 is 2.24 bits per heavy atom. The quantitative estimate of drug-likeness (QED) is 0.457. The molecule has 2 aromatic carbocycles. The van der Waals surface area contributed by atoms with Crippen LogP contribution in [-0.4, -0.2) is 20.3 Å². The molecule has 6 heteroatoms. The molecule has 176 valence electrons. The van der Waals surface area contributed by atoms with Gasteiger partial charge in [0.05, 0.1) is 34.4 Å². The molecule has 1 aliphatic heterocycles. The number of aromatic nitrogens is 3. The molecule has 0 fully saturated rings. The predicted molar refractivity (Wildman–Crippen MR) is 136 cm³/mol. The molecule has 1 aliphatic rings. The lowest BCUT2D eigenvalue weighted by Crippen LogP contribution is -2.40. The Hall–Kier alpha value is -3.38. The summed E-state index contributed by atoms with van der Waals surface area (Å²) in [5.41, 5.74) is 5.64. The highest BCUT2D eigenvalue weighted by Crippen LogP contribution is 2.45. The molecular weight excluding hydrogens is 426 g/mol. The lowest BCUT2D eigenvalue weighted by atomic mass is 9.97. The summed E-state index contributed by atoms with van der Waals surface area (Å²) >= 11 is 0. The lowest BCUT2D eigenvalue weighted by Gasteiger charge is -2.39. The van der Waals surface area contributed by atoms with Crippen molar-refractivity contribution < 1.29 is 4.74 Å². The van der Waals surface area contributed by atoms with Gasteiger partial charge in [0.15, 0.2) is 0 Å². The van der Waals surface area contributed by atoms with Crippen molar-refractivity contribution in [1.29, 1.82) is 0 Å². The maximum Gasteiger partial charge on any atom is 0.331 e. The molecule has 0 amide bonds. The van der Waals surface area contributed by atoms with Crippen LogP contribution in [0.5, 0.6) is 0 Å². The van der Waals surface area contributed by atoms with Crippen molar-refractivity contribution in [3.63, 3.8) is 0 Å². The van der Waals surface area contributed by atoms with Crippen LogP contribution in [0.4, 0.5) is 0 Å². The lowest BCUT2D eigenvalue weighted by molar-refractivity contribution is -0.00707. The summed E-state index contributed by atoms with van der Waals surface area (Å²) in [6.07, 6.45) is 0.568. The van der Waals surface area contributed by atoms with Crippen LogP contribution >= 0.6 is 0 Å². The van der Waals surface area contributed by atoms with Crippen molar-refractivity contribution in [2.45, 2.75) is 45.8 Å².